The van der Waals surface area contributed by atoms with E-state index >= 15 is 0 Å². The zero-order chi connectivity index (χ0) is 13.4. The highest BCUT2D eigenvalue weighted by Crippen LogP contribution is 2.32. The minimum atomic E-state index is -1.83. The zero-order valence-corrected chi connectivity index (χ0v) is 9.60. The SMILES string of the molecule is CC(O)C1OC(n2ccc(N)nc2=O)C(F)C1O. The van der Waals surface area contributed by atoms with Crippen LogP contribution in [0.15, 0.2) is 17.1 Å². The summed E-state index contributed by atoms with van der Waals surface area (Å²) in [5.41, 5.74) is 4.54. The van der Waals surface area contributed by atoms with E-state index in [2.05, 4.69) is 4.98 Å². The number of aliphatic hydroxyl groups is 2. The molecule has 0 saturated carbocycles. The summed E-state index contributed by atoms with van der Waals surface area (Å²) in [5, 5.41) is 18.9. The minimum Gasteiger partial charge on any atom is -0.391 e. The molecule has 7 nitrogen and oxygen atoms in total. The van der Waals surface area contributed by atoms with E-state index in [9.17, 15) is 19.4 Å². The summed E-state index contributed by atoms with van der Waals surface area (Å²) in [6.07, 6.45) is -5.55. The number of hydrogen-bond donors (Lipinski definition) is 3. The molecule has 0 bridgehead atoms. The van der Waals surface area contributed by atoms with Crippen molar-refractivity contribution < 1.29 is 19.3 Å². The fourth-order valence-electron chi connectivity index (χ4n) is 1.90. The smallest absolute Gasteiger partial charge is 0.351 e. The van der Waals surface area contributed by atoms with E-state index in [0.29, 0.717) is 0 Å². The van der Waals surface area contributed by atoms with Crippen LogP contribution >= 0.6 is 0 Å². The van der Waals surface area contributed by atoms with Crippen LogP contribution in [0.1, 0.15) is 13.2 Å². The first-order valence-corrected chi connectivity index (χ1v) is 5.42. The Hall–Kier alpha value is -1.51. The number of anilines is 1. The summed E-state index contributed by atoms with van der Waals surface area (Å²) in [4.78, 5) is 15.0. The van der Waals surface area contributed by atoms with Crippen molar-refractivity contribution in [1.29, 1.82) is 0 Å². The average Bonchev–Trinajstić information content (AvgIpc) is 2.57. The van der Waals surface area contributed by atoms with Crippen LogP contribution in [-0.2, 0) is 4.74 Å². The van der Waals surface area contributed by atoms with E-state index in [1.807, 2.05) is 0 Å². The third kappa shape index (κ3) is 2.09. The molecule has 4 N–H and O–H groups in total. The van der Waals surface area contributed by atoms with Crippen molar-refractivity contribution in [2.45, 2.75) is 37.6 Å². The van der Waals surface area contributed by atoms with Crippen LogP contribution < -0.4 is 11.4 Å². The lowest BCUT2D eigenvalue weighted by molar-refractivity contribution is -0.0783. The highest BCUT2D eigenvalue weighted by molar-refractivity contribution is 5.23. The molecule has 0 spiro atoms. The lowest BCUT2D eigenvalue weighted by Crippen LogP contribution is -2.36. The van der Waals surface area contributed by atoms with Gasteiger partial charge in [0.2, 0.25) is 0 Å². The van der Waals surface area contributed by atoms with Gasteiger partial charge in [-0.15, -0.1) is 0 Å². The van der Waals surface area contributed by atoms with E-state index in [1.54, 1.807) is 0 Å². The molecule has 2 rings (SSSR count). The van der Waals surface area contributed by atoms with Crippen LogP contribution in [-0.4, -0.2) is 44.2 Å². The van der Waals surface area contributed by atoms with Gasteiger partial charge in [0.1, 0.15) is 18.0 Å². The van der Waals surface area contributed by atoms with E-state index in [0.717, 1.165) is 4.57 Å². The van der Waals surface area contributed by atoms with Crippen LogP contribution in [0.4, 0.5) is 10.2 Å². The highest BCUT2D eigenvalue weighted by Gasteiger charge is 2.47. The Balaban J connectivity index is 2.32. The third-order valence-electron chi connectivity index (χ3n) is 2.83. The highest BCUT2D eigenvalue weighted by atomic mass is 19.1. The molecule has 100 valence electrons. The minimum absolute atomic E-state index is 0.0114. The average molecular weight is 259 g/mol. The predicted octanol–water partition coefficient (Wildman–Crippen LogP) is -1.20. The molecular weight excluding hydrogens is 245 g/mol. The molecule has 0 amide bonds. The van der Waals surface area contributed by atoms with Gasteiger partial charge in [0.25, 0.3) is 0 Å². The van der Waals surface area contributed by atoms with Crippen LogP contribution in [0.25, 0.3) is 0 Å². The van der Waals surface area contributed by atoms with Crippen molar-refractivity contribution in [2.24, 2.45) is 0 Å². The summed E-state index contributed by atoms with van der Waals surface area (Å²) in [6, 6.07) is 1.32. The lowest BCUT2D eigenvalue weighted by Gasteiger charge is -2.17. The van der Waals surface area contributed by atoms with Crippen molar-refractivity contribution >= 4 is 5.82 Å². The molecule has 2 heterocycles. The Labute approximate surface area is 102 Å². The number of nitrogen functional groups attached to an aromatic ring is 1. The van der Waals surface area contributed by atoms with Gasteiger partial charge >= 0.3 is 5.69 Å². The van der Waals surface area contributed by atoms with Gasteiger partial charge in [0, 0.05) is 6.20 Å². The monoisotopic (exact) mass is 259 g/mol. The standard InChI is InChI=1S/C10H14FN3O4/c1-4(15)8-7(16)6(11)9(18-8)14-3-2-5(12)13-10(14)17/h2-4,6-9,15-16H,1H3,(H2,12,13,17). The summed E-state index contributed by atoms with van der Waals surface area (Å²) >= 11 is 0. The number of aromatic nitrogens is 2. The maximum Gasteiger partial charge on any atom is 0.351 e. The molecule has 1 aliphatic rings. The van der Waals surface area contributed by atoms with Gasteiger partial charge in [0.15, 0.2) is 12.4 Å². The molecule has 8 heteroatoms. The number of rotatable bonds is 2. The normalized spacial score (nSPS) is 33.6. The Morgan fingerprint density at radius 3 is 2.83 bits per heavy atom. The van der Waals surface area contributed by atoms with Gasteiger partial charge in [-0.3, -0.25) is 4.57 Å². The number of nitrogens with two attached hydrogens (primary N) is 1. The van der Waals surface area contributed by atoms with E-state index in [1.165, 1.54) is 19.2 Å². The van der Waals surface area contributed by atoms with Crippen molar-refractivity contribution in [2.75, 3.05) is 5.73 Å². The molecule has 1 aromatic rings. The molecule has 1 saturated heterocycles. The second-order valence-corrected chi connectivity index (χ2v) is 4.21. The van der Waals surface area contributed by atoms with Crippen molar-refractivity contribution in [3.63, 3.8) is 0 Å². The van der Waals surface area contributed by atoms with Crippen molar-refractivity contribution in [1.82, 2.24) is 9.55 Å². The van der Waals surface area contributed by atoms with Gasteiger partial charge in [-0.25, -0.2) is 9.18 Å². The maximum absolute atomic E-state index is 13.9. The quantitative estimate of drug-likeness (QED) is 0.615. The summed E-state index contributed by atoms with van der Waals surface area (Å²) < 4.78 is 19.9. The Bertz CT molecular complexity index is 492. The topological polar surface area (TPSA) is 111 Å². The third-order valence-corrected chi connectivity index (χ3v) is 2.83. The first-order valence-electron chi connectivity index (χ1n) is 5.42. The zero-order valence-electron chi connectivity index (χ0n) is 9.60. The first-order chi connectivity index (χ1) is 8.41. The molecule has 1 fully saturated rings. The lowest BCUT2D eigenvalue weighted by atomic mass is 10.1. The van der Waals surface area contributed by atoms with Crippen molar-refractivity contribution in [3.8, 4) is 0 Å². The van der Waals surface area contributed by atoms with Gasteiger partial charge in [0.05, 0.1) is 6.10 Å². The number of nitrogens with zero attached hydrogens (tertiary/aromatic N) is 2. The van der Waals surface area contributed by atoms with Gasteiger partial charge < -0.3 is 20.7 Å². The van der Waals surface area contributed by atoms with Gasteiger partial charge in [-0.05, 0) is 13.0 Å². The number of alkyl halides is 1. The molecule has 0 radical (unpaired) electrons. The van der Waals surface area contributed by atoms with Gasteiger partial charge in [-0.1, -0.05) is 0 Å². The maximum atomic E-state index is 13.9. The number of hydrogen-bond acceptors (Lipinski definition) is 6. The summed E-state index contributed by atoms with van der Waals surface area (Å²) in [6.45, 7) is 1.37. The predicted molar refractivity (Wildman–Crippen MR) is 59.4 cm³/mol. The molecule has 18 heavy (non-hydrogen) atoms. The summed E-state index contributed by atoms with van der Waals surface area (Å²) in [5.74, 6) is 0.0114. The first kappa shape index (κ1) is 12.9. The Kier molecular flexibility index (Phi) is 3.33. The van der Waals surface area contributed by atoms with Crippen LogP contribution in [0.5, 0.6) is 0 Å². The fraction of sp³-hybridized carbons (Fsp3) is 0.600. The Morgan fingerprint density at radius 2 is 2.33 bits per heavy atom. The number of halogens is 1. The van der Waals surface area contributed by atoms with E-state index in [4.69, 9.17) is 10.5 Å². The second-order valence-electron chi connectivity index (χ2n) is 4.21. The van der Waals surface area contributed by atoms with Crippen LogP contribution in [0, 0.1) is 0 Å². The molecule has 0 aromatic carbocycles. The molecule has 1 aliphatic heterocycles. The second kappa shape index (κ2) is 4.63. The molecule has 5 atom stereocenters. The van der Waals surface area contributed by atoms with E-state index in [-0.39, 0.29) is 5.82 Å². The van der Waals surface area contributed by atoms with Crippen LogP contribution in [0.2, 0.25) is 0 Å². The molecule has 5 unspecified atom stereocenters. The Morgan fingerprint density at radius 1 is 1.67 bits per heavy atom. The van der Waals surface area contributed by atoms with Crippen molar-refractivity contribution in [3.05, 3.63) is 22.7 Å². The molecular formula is C10H14FN3O4. The van der Waals surface area contributed by atoms with Crippen LogP contribution in [0.3, 0.4) is 0 Å². The summed E-state index contributed by atoms with van der Waals surface area (Å²) in [7, 11) is 0. The number of ether oxygens (including phenoxy) is 1. The molecule has 1 aromatic heterocycles. The largest absolute Gasteiger partial charge is 0.391 e. The van der Waals surface area contributed by atoms with E-state index < -0.39 is 36.4 Å². The molecule has 0 aliphatic carbocycles. The fourth-order valence-corrected chi connectivity index (χ4v) is 1.90. The number of aliphatic hydroxyl groups excluding tert-OH is 2. The van der Waals surface area contributed by atoms with Gasteiger partial charge in [-0.2, -0.15) is 4.98 Å².